The monoisotopic (exact) mass is 261 g/mol. The second kappa shape index (κ2) is 3.59. The fourth-order valence-corrected chi connectivity index (χ4v) is 2.89. The Balaban J connectivity index is 2.14. The average Bonchev–Trinajstić information content (AvgIpc) is 2.63. The largest absolute Gasteiger partial charge is 0.339 e. The molecule has 0 aliphatic rings. The van der Waals surface area contributed by atoms with Crippen molar-refractivity contribution < 1.29 is 0 Å². The molecule has 0 bridgehead atoms. The zero-order chi connectivity index (χ0) is 8.39. The lowest BCUT2D eigenvalue weighted by Crippen LogP contribution is -1.73. The van der Waals surface area contributed by atoms with Crippen molar-refractivity contribution in [2.75, 3.05) is 0 Å². The summed E-state index contributed by atoms with van der Waals surface area (Å²) in [4.78, 5) is 11.3. The van der Waals surface area contributed by atoms with Crippen LogP contribution in [0.1, 0.15) is 0 Å². The molecule has 62 valence electrons. The van der Waals surface area contributed by atoms with Crippen molar-refractivity contribution in [3.05, 3.63) is 22.4 Å². The zero-order valence-electron chi connectivity index (χ0n) is 5.82. The topological polar surface area (TPSA) is 41.6 Å². The summed E-state index contributed by atoms with van der Waals surface area (Å²) in [5.74, 6) is 0. The van der Waals surface area contributed by atoms with Crippen LogP contribution in [0.3, 0.4) is 0 Å². The summed E-state index contributed by atoms with van der Waals surface area (Å²) in [7, 11) is 0. The van der Waals surface area contributed by atoms with E-state index in [9.17, 15) is 0 Å². The first-order chi connectivity index (χ1) is 5.84. The van der Waals surface area contributed by atoms with E-state index in [1.165, 1.54) is 11.8 Å². The van der Waals surface area contributed by atoms with Crippen LogP contribution in [0, 0.1) is 0 Å². The molecule has 0 atom stereocenters. The Kier molecular flexibility index (Phi) is 2.48. The molecule has 0 aliphatic carbocycles. The van der Waals surface area contributed by atoms with Gasteiger partial charge in [0, 0.05) is 17.8 Å². The predicted octanol–water partition coefficient (Wildman–Crippen LogP) is 2.78. The highest BCUT2D eigenvalue weighted by Crippen LogP contribution is 2.28. The number of aromatic nitrogens is 3. The van der Waals surface area contributed by atoms with E-state index in [1.807, 2.05) is 5.38 Å². The molecule has 0 aliphatic heterocycles. The maximum Gasteiger partial charge on any atom is 0.172 e. The molecular formula is C6H4BrN3S2. The van der Waals surface area contributed by atoms with Gasteiger partial charge in [0.05, 0.1) is 0 Å². The molecule has 0 aromatic carbocycles. The molecule has 6 heteroatoms. The Bertz CT molecular complexity index is 357. The first-order valence-electron chi connectivity index (χ1n) is 3.13. The normalized spacial score (nSPS) is 10.4. The van der Waals surface area contributed by atoms with Gasteiger partial charge in [-0.15, -0.1) is 11.3 Å². The zero-order valence-corrected chi connectivity index (χ0v) is 9.04. The molecule has 2 rings (SSSR count). The first-order valence-corrected chi connectivity index (χ1v) is 5.62. The van der Waals surface area contributed by atoms with Gasteiger partial charge < -0.3 is 4.98 Å². The molecule has 0 spiro atoms. The molecule has 0 radical (unpaired) electrons. The molecule has 0 amide bonds. The van der Waals surface area contributed by atoms with Crippen LogP contribution in [-0.4, -0.2) is 15.0 Å². The van der Waals surface area contributed by atoms with Gasteiger partial charge in [-0.3, -0.25) is 0 Å². The molecular weight excluding hydrogens is 258 g/mol. The molecule has 0 saturated heterocycles. The quantitative estimate of drug-likeness (QED) is 0.904. The highest BCUT2D eigenvalue weighted by atomic mass is 79.9. The van der Waals surface area contributed by atoms with Crippen molar-refractivity contribution >= 4 is 39.0 Å². The van der Waals surface area contributed by atoms with Crippen LogP contribution in [0.2, 0.25) is 0 Å². The van der Waals surface area contributed by atoms with E-state index >= 15 is 0 Å². The fraction of sp³-hybridized carbons (Fsp3) is 0. The van der Waals surface area contributed by atoms with E-state index < -0.39 is 0 Å². The van der Waals surface area contributed by atoms with Gasteiger partial charge in [-0.05, 0) is 27.7 Å². The second-order valence-electron chi connectivity index (χ2n) is 1.93. The van der Waals surface area contributed by atoms with Crippen LogP contribution < -0.4 is 0 Å². The van der Waals surface area contributed by atoms with Crippen LogP contribution in [0.5, 0.6) is 0 Å². The van der Waals surface area contributed by atoms with Crippen molar-refractivity contribution in [1.82, 2.24) is 15.0 Å². The summed E-state index contributed by atoms with van der Waals surface area (Å²) < 4.78 is 1.86. The maximum absolute atomic E-state index is 4.22. The number of H-pyrrole nitrogens is 1. The third kappa shape index (κ3) is 1.88. The number of halogens is 1. The summed E-state index contributed by atoms with van der Waals surface area (Å²) in [5.41, 5.74) is 0. The average molecular weight is 262 g/mol. The summed E-state index contributed by atoms with van der Waals surface area (Å²) in [6.07, 6.45) is 3.52. The number of aromatic amines is 1. The van der Waals surface area contributed by atoms with Gasteiger partial charge in [0.15, 0.2) is 9.50 Å². The molecule has 3 nitrogen and oxygen atoms in total. The molecule has 2 aromatic rings. The van der Waals surface area contributed by atoms with E-state index in [1.54, 1.807) is 23.7 Å². The minimum Gasteiger partial charge on any atom is -0.339 e. The summed E-state index contributed by atoms with van der Waals surface area (Å²) in [5, 5.41) is 2.82. The maximum atomic E-state index is 4.22. The molecule has 2 aromatic heterocycles. The molecule has 0 saturated carbocycles. The minimum absolute atomic E-state index is 0.872. The number of rotatable bonds is 2. The van der Waals surface area contributed by atoms with Gasteiger partial charge in [-0.1, -0.05) is 0 Å². The highest BCUT2D eigenvalue weighted by Gasteiger charge is 2.02. The molecule has 12 heavy (non-hydrogen) atoms. The lowest BCUT2D eigenvalue weighted by atomic mass is 11.0. The van der Waals surface area contributed by atoms with Gasteiger partial charge in [0.25, 0.3) is 0 Å². The van der Waals surface area contributed by atoms with Crippen molar-refractivity contribution in [2.45, 2.75) is 9.50 Å². The Hall–Kier alpha value is -0.330. The van der Waals surface area contributed by atoms with Gasteiger partial charge in [0.2, 0.25) is 0 Å². The van der Waals surface area contributed by atoms with Crippen LogP contribution in [0.25, 0.3) is 0 Å². The first kappa shape index (κ1) is 8.28. The van der Waals surface area contributed by atoms with Gasteiger partial charge in [-0.2, -0.15) is 0 Å². The Morgan fingerprint density at radius 3 is 3.08 bits per heavy atom. The van der Waals surface area contributed by atoms with E-state index in [4.69, 9.17) is 0 Å². The van der Waals surface area contributed by atoms with E-state index in [0.717, 1.165) is 14.1 Å². The van der Waals surface area contributed by atoms with Crippen molar-refractivity contribution in [1.29, 1.82) is 0 Å². The van der Waals surface area contributed by atoms with Crippen LogP contribution in [0.4, 0.5) is 0 Å². The molecule has 0 unspecified atom stereocenters. The van der Waals surface area contributed by atoms with E-state index in [2.05, 4.69) is 30.9 Å². The number of thiazole rings is 1. The fourth-order valence-electron chi connectivity index (χ4n) is 0.675. The summed E-state index contributed by atoms with van der Waals surface area (Å²) in [6.45, 7) is 0. The van der Waals surface area contributed by atoms with Crippen LogP contribution >= 0.6 is 39.0 Å². The summed E-state index contributed by atoms with van der Waals surface area (Å²) >= 11 is 6.41. The number of hydrogen-bond acceptors (Lipinski definition) is 4. The minimum atomic E-state index is 0.872. The van der Waals surface area contributed by atoms with E-state index in [-0.39, 0.29) is 0 Å². The van der Waals surface area contributed by atoms with Gasteiger partial charge in [-0.25, -0.2) is 9.97 Å². The standard InChI is InChI=1S/C6H4BrN3S2/c7-4-3-11-6(10-4)12-5-8-1-2-9-5/h1-3H,(H,8,9). The highest BCUT2D eigenvalue weighted by molar-refractivity contribution is 9.10. The molecule has 2 heterocycles. The van der Waals surface area contributed by atoms with Gasteiger partial charge in [0.1, 0.15) is 4.60 Å². The van der Waals surface area contributed by atoms with Crippen LogP contribution in [0.15, 0.2) is 31.9 Å². The van der Waals surface area contributed by atoms with Crippen molar-refractivity contribution in [2.24, 2.45) is 0 Å². The Morgan fingerprint density at radius 1 is 1.58 bits per heavy atom. The SMILES string of the molecule is Brc1csc(Sc2ncc[nH]2)n1. The smallest absolute Gasteiger partial charge is 0.172 e. The molecule has 1 N–H and O–H groups in total. The van der Waals surface area contributed by atoms with E-state index in [0.29, 0.717) is 0 Å². The third-order valence-corrected chi connectivity index (χ3v) is 3.68. The number of nitrogens with one attached hydrogen (secondary N) is 1. The predicted molar refractivity (Wildman–Crippen MR) is 52.5 cm³/mol. The number of nitrogens with zero attached hydrogens (tertiary/aromatic N) is 2. The van der Waals surface area contributed by atoms with Crippen LogP contribution in [-0.2, 0) is 0 Å². The Labute approximate surface area is 85.8 Å². The third-order valence-electron chi connectivity index (χ3n) is 1.11. The Morgan fingerprint density at radius 2 is 2.50 bits per heavy atom. The second-order valence-corrected chi connectivity index (χ2v) is 4.84. The number of imidazole rings is 1. The summed E-state index contributed by atoms with van der Waals surface area (Å²) in [6, 6.07) is 0. The van der Waals surface area contributed by atoms with Crippen molar-refractivity contribution in [3.63, 3.8) is 0 Å². The number of hydrogen-bond donors (Lipinski definition) is 1. The molecule has 0 fully saturated rings. The lowest BCUT2D eigenvalue weighted by Gasteiger charge is -1.88. The lowest BCUT2D eigenvalue weighted by molar-refractivity contribution is 1.05. The van der Waals surface area contributed by atoms with Crippen molar-refractivity contribution in [3.8, 4) is 0 Å². The van der Waals surface area contributed by atoms with Gasteiger partial charge >= 0.3 is 0 Å².